The first-order valence-corrected chi connectivity index (χ1v) is 6.28. The molecule has 6 heteroatoms. The minimum absolute atomic E-state index is 0.218. The Morgan fingerprint density at radius 1 is 1.50 bits per heavy atom. The first kappa shape index (κ1) is 14.2. The van der Waals surface area contributed by atoms with E-state index in [-0.39, 0.29) is 5.76 Å². The van der Waals surface area contributed by atoms with Gasteiger partial charge in [-0.1, -0.05) is 6.07 Å². The van der Waals surface area contributed by atoms with Crippen molar-refractivity contribution in [1.29, 1.82) is 0 Å². The zero-order valence-corrected chi connectivity index (χ0v) is 11.3. The second kappa shape index (κ2) is 6.83. The average molecular weight is 275 g/mol. The van der Waals surface area contributed by atoms with Gasteiger partial charge in [0, 0.05) is 23.9 Å². The summed E-state index contributed by atoms with van der Waals surface area (Å²) in [6, 6.07) is 7.53. The second-order valence-electron chi connectivity index (χ2n) is 4.32. The van der Waals surface area contributed by atoms with Gasteiger partial charge < -0.3 is 9.15 Å². The third kappa shape index (κ3) is 3.66. The number of furan rings is 1. The van der Waals surface area contributed by atoms with Gasteiger partial charge in [0.25, 0.3) is 0 Å². The van der Waals surface area contributed by atoms with Gasteiger partial charge >= 0.3 is 5.91 Å². The molecule has 0 unspecified atom stereocenters. The zero-order valence-electron chi connectivity index (χ0n) is 11.3. The molecule has 0 aromatic carbocycles. The van der Waals surface area contributed by atoms with E-state index in [0.717, 1.165) is 17.7 Å². The highest BCUT2D eigenvalue weighted by Gasteiger charge is 2.14. The van der Waals surface area contributed by atoms with Gasteiger partial charge in [-0.2, -0.15) is 0 Å². The fraction of sp³-hybridized carbons (Fsp3) is 0.286. The number of hydrazine groups is 1. The van der Waals surface area contributed by atoms with Crippen molar-refractivity contribution < 1.29 is 13.9 Å². The van der Waals surface area contributed by atoms with Crippen molar-refractivity contribution in [2.75, 3.05) is 6.61 Å². The molecule has 2 aromatic heterocycles. The molecule has 0 atom stereocenters. The van der Waals surface area contributed by atoms with Crippen molar-refractivity contribution in [1.82, 2.24) is 10.4 Å². The number of pyridine rings is 1. The Morgan fingerprint density at radius 3 is 3.05 bits per heavy atom. The molecule has 0 spiro atoms. The molecule has 0 aliphatic rings. The number of hydrogen-bond acceptors (Lipinski definition) is 5. The monoisotopic (exact) mass is 275 g/mol. The summed E-state index contributed by atoms with van der Waals surface area (Å²) >= 11 is 0. The van der Waals surface area contributed by atoms with Crippen LogP contribution in [0, 0.1) is 6.92 Å². The minimum atomic E-state index is -0.442. The average Bonchev–Trinajstić information content (AvgIpc) is 2.85. The molecule has 0 bridgehead atoms. The summed E-state index contributed by atoms with van der Waals surface area (Å²) in [7, 11) is 0. The van der Waals surface area contributed by atoms with E-state index in [1.807, 2.05) is 23.6 Å². The number of aryl methyl sites for hydroxylation is 1. The maximum Gasteiger partial charge on any atom is 0.301 e. The predicted octanol–water partition coefficient (Wildman–Crippen LogP) is 1.35. The molecule has 20 heavy (non-hydrogen) atoms. The Bertz CT molecular complexity index is 566. The number of hydrogen-bond donors (Lipinski definition) is 2. The van der Waals surface area contributed by atoms with Crippen LogP contribution in [0.5, 0.6) is 0 Å². The number of nitrogens with zero attached hydrogens (tertiary/aromatic N) is 1. The Kier molecular flexibility index (Phi) is 4.86. The molecule has 6 nitrogen and oxygen atoms in total. The van der Waals surface area contributed by atoms with Gasteiger partial charge in [0.15, 0.2) is 5.76 Å². The van der Waals surface area contributed by atoms with Crippen LogP contribution in [0.25, 0.3) is 0 Å². The number of aromatic nitrogens is 1. The fourth-order valence-electron chi connectivity index (χ4n) is 1.81. The zero-order chi connectivity index (χ0) is 14.4. The van der Waals surface area contributed by atoms with Crippen molar-refractivity contribution >= 4 is 5.91 Å². The Labute approximate surface area is 116 Å². The maximum atomic E-state index is 11.4. The van der Waals surface area contributed by atoms with E-state index < -0.39 is 5.91 Å². The highest BCUT2D eigenvalue weighted by molar-refractivity contribution is 5.92. The highest BCUT2D eigenvalue weighted by atomic mass is 16.5. The summed E-state index contributed by atoms with van der Waals surface area (Å²) in [5.41, 5.74) is 3.75. The molecule has 106 valence electrons. The Balaban J connectivity index is 1.81. The third-order valence-electron chi connectivity index (χ3n) is 2.78. The Hall–Kier alpha value is -2.18. The maximum absolute atomic E-state index is 11.4. The smallest absolute Gasteiger partial charge is 0.301 e. The molecule has 3 N–H and O–H groups in total. The lowest BCUT2D eigenvalue weighted by molar-refractivity contribution is 0.0897. The molecule has 2 aromatic rings. The number of nitrogens with two attached hydrogens (primary N) is 1. The number of nitrogens with one attached hydrogen (secondary N) is 1. The standard InChI is InChI=1S/C14H17N3O3/c1-10-8-12(20-13(10)14(18)17-15)9-19-7-5-11-4-2-3-6-16-11/h2-4,6,8H,5,7,9,15H2,1H3,(H,17,18). The second-order valence-corrected chi connectivity index (χ2v) is 4.32. The van der Waals surface area contributed by atoms with Gasteiger partial charge in [-0.15, -0.1) is 0 Å². The van der Waals surface area contributed by atoms with E-state index in [9.17, 15) is 4.79 Å². The highest BCUT2D eigenvalue weighted by Crippen LogP contribution is 2.15. The van der Waals surface area contributed by atoms with Crippen LogP contribution in [0.2, 0.25) is 0 Å². The summed E-state index contributed by atoms with van der Waals surface area (Å²) in [6.45, 7) is 2.63. The normalized spacial score (nSPS) is 10.5. The quantitative estimate of drug-likeness (QED) is 0.359. The molecule has 2 rings (SSSR count). The van der Waals surface area contributed by atoms with Gasteiger partial charge in [0.05, 0.1) is 6.61 Å². The van der Waals surface area contributed by atoms with Crippen molar-refractivity contribution in [3.05, 3.63) is 53.2 Å². The Morgan fingerprint density at radius 2 is 2.35 bits per heavy atom. The van der Waals surface area contributed by atoms with Crippen molar-refractivity contribution in [2.45, 2.75) is 20.0 Å². The van der Waals surface area contributed by atoms with Crippen LogP contribution >= 0.6 is 0 Å². The van der Waals surface area contributed by atoms with Gasteiger partial charge in [-0.3, -0.25) is 15.2 Å². The summed E-state index contributed by atoms with van der Waals surface area (Å²) in [5.74, 6) is 5.45. The molecule has 0 fully saturated rings. The molecule has 0 aliphatic carbocycles. The van der Waals surface area contributed by atoms with E-state index in [1.165, 1.54) is 0 Å². The molecule has 2 heterocycles. The minimum Gasteiger partial charge on any atom is -0.453 e. The predicted molar refractivity (Wildman–Crippen MR) is 72.7 cm³/mol. The van der Waals surface area contributed by atoms with Crippen LogP contribution < -0.4 is 11.3 Å². The summed E-state index contributed by atoms with van der Waals surface area (Å²) in [6.07, 6.45) is 2.49. The van der Waals surface area contributed by atoms with Gasteiger partial charge in [-0.25, -0.2) is 5.84 Å². The largest absolute Gasteiger partial charge is 0.453 e. The number of ether oxygens (including phenoxy) is 1. The SMILES string of the molecule is Cc1cc(COCCc2ccccn2)oc1C(=O)NN. The van der Waals surface area contributed by atoms with Crippen LogP contribution in [0.15, 0.2) is 34.9 Å². The van der Waals surface area contributed by atoms with Crippen LogP contribution in [0.3, 0.4) is 0 Å². The molecular weight excluding hydrogens is 258 g/mol. The van der Waals surface area contributed by atoms with E-state index in [2.05, 4.69) is 4.98 Å². The third-order valence-corrected chi connectivity index (χ3v) is 2.78. The number of amides is 1. The first-order valence-electron chi connectivity index (χ1n) is 6.28. The van der Waals surface area contributed by atoms with Crippen LogP contribution in [-0.2, 0) is 17.8 Å². The summed E-state index contributed by atoms with van der Waals surface area (Å²) in [5, 5.41) is 0. The molecule has 0 saturated carbocycles. The number of rotatable bonds is 6. The van der Waals surface area contributed by atoms with Gasteiger partial charge in [0.2, 0.25) is 0 Å². The topological polar surface area (TPSA) is 90.4 Å². The van der Waals surface area contributed by atoms with Crippen LogP contribution in [0.1, 0.15) is 27.6 Å². The van der Waals surface area contributed by atoms with Gasteiger partial charge in [0.1, 0.15) is 12.4 Å². The lowest BCUT2D eigenvalue weighted by Crippen LogP contribution is -2.30. The summed E-state index contributed by atoms with van der Waals surface area (Å²) in [4.78, 5) is 15.6. The number of carbonyl (C=O) groups is 1. The van der Waals surface area contributed by atoms with Crippen LogP contribution in [-0.4, -0.2) is 17.5 Å². The molecular formula is C14H17N3O3. The fourth-order valence-corrected chi connectivity index (χ4v) is 1.81. The van der Waals surface area contributed by atoms with E-state index in [1.54, 1.807) is 19.2 Å². The van der Waals surface area contributed by atoms with Crippen molar-refractivity contribution in [2.24, 2.45) is 5.84 Å². The lowest BCUT2D eigenvalue weighted by atomic mass is 10.2. The van der Waals surface area contributed by atoms with E-state index in [0.29, 0.717) is 19.0 Å². The van der Waals surface area contributed by atoms with Crippen molar-refractivity contribution in [3.8, 4) is 0 Å². The molecule has 0 saturated heterocycles. The molecule has 0 aliphatic heterocycles. The van der Waals surface area contributed by atoms with E-state index in [4.69, 9.17) is 15.0 Å². The summed E-state index contributed by atoms with van der Waals surface area (Å²) < 4.78 is 10.9. The number of nitrogen functional groups attached to an aromatic ring is 1. The van der Waals surface area contributed by atoms with Crippen LogP contribution in [0.4, 0.5) is 0 Å². The van der Waals surface area contributed by atoms with E-state index >= 15 is 0 Å². The van der Waals surface area contributed by atoms with Gasteiger partial charge in [-0.05, 0) is 25.1 Å². The van der Waals surface area contributed by atoms with Crippen molar-refractivity contribution in [3.63, 3.8) is 0 Å². The number of carbonyl (C=O) groups excluding carboxylic acids is 1. The molecule has 0 radical (unpaired) electrons. The lowest BCUT2D eigenvalue weighted by Gasteiger charge is -2.02. The first-order chi connectivity index (χ1) is 9.70. The molecule has 1 amide bonds.